The lowest BCUT2D eigenvalue weighted by Crippen LogP contribution is -2.43. The fourth-order valence-corrected chi connectivity index (χ4v) is 4.57. The predicted molar refractivity (Wildman–Crippen MR) is 104 cm³/mol. The molecule has 1 aromatic carbocycles. The van der Waals surface area contributed by atoms with Crippen LogP contribution in [0.5, 0.6) is 0 Å². The number of benzene rings is 1. The van der Waals surface area contributed by atoms with Gasteiger partial charge in [0.1, 0.15) is 6.54 Å². The van der Waals surface area contributed by atoms with Gasteiger partial charge in [-0.05, 0) is 51.2 Å². The molecule has 148 valence electrons. The molecule has 1 heterocycles. The molecule has 1 aliphatic rings. The number of rotatable bonds is 7. The normalized spacial score (nSPS) is 18.6. The van der Waals surface area contributed by atoms with E-state index in [1.54, 1.807) is 13.8 Å². The first kappa shape index (κ1) is 20.0. The van der Waals surface area contributed by atoms with Crippen LogP contribution in [0.25, 0.3) is 10.9 Å². The van der Waals surface area contributed by atoms with E-state index in [2.05, 4.69) is 4.57 Å². The Morgan fingerprint density at radius 1 is 1.37 bits per heavy atom. The number of para-hydroxylation sites is 1. The van der Waals surface area contributed by atoms with Crippen molar-refractivity contribution >= 4 is 28.1 Å². The zero-order chi connectivity index (χ0) is 19.8. The molecule has 0 saturated carbocycles. The van der Waals surface area contributed by atoms with Crippen LogP contribution >= 0.6 is 0 Å². The van der Waals surface area contributed by atoms with Gasteiger partial charge in [0.05, 0.1) is 5.60 Å². The minimum atomic E-state index is -2.33. The van der Waals surface area contributed by atoms with E-state index in [1.165, 1.54) is 5.69 Å². The zero-order valence-corrected chi connectivity index (χ0v) is 16.4. The summed E-state index contributed by atoms with van der Waals surface area (Å²) in [4.78, 5) is 11.1. The Balaban J connectivity index is 1.96. The Morgan fingerprint density at radius 3 is 2.70 bits per heavy atom. The Hall–Kier alpha value is -1.74. The van der Waals surface area contributed by atoms with Crippen molar-refractivity contribution in [2.24, 2.45) is 0 Å². The number of aromatic nitrogens is 1. The number of carboxylic acids is 1. The van der Waals surface area contributed by atoms with Crippen LogP contribution in [0.1, 0.15) is 37.9 Å². The van der Waals surface area contributed by atoms with Crippen molar-refractivity contribution in [1.82, 2.24) is 8.87 Å². The molecular weight excluding hydrogens is 368 g/mol. The van der Waals surface area contributed by atoms with Gasteiger partial charge < -0.3 is 14.8 Å². The number of nitrogens with zero attached hydrogens (tertiary/aromatic N) is 2. The molecule has 0 bridgehead atoms. The summed E-state index contributed by atoms with van der Waals surface area (Å²) in [6.07, 6.45) is 2.47. The maximum absolute atomic E-state index is 11.7. The van der Waals surface area contributed by atoms with E-state index < -0.39 is 29.4 Å². The SMILES string of the molecule is CC(C)(O)CCn1c2c(c3ccccc31)CC(N(CC(=O)O)S(=O)O)CC2. The first-order chi connectivity index (χ1) is 12.7. The number of aliphatic carboxylic acids is 1. The maximum atomic E-state index is 11.7. The van der Waals surface area contributed by atoms with E-state index >= 15 is 0 Å². The Bertz CT molecular complexity index is 871. The molecule has 0 saturated heterocycles. The van der Waals surface area contributed by atoms with Gasteiger partial charge in [-0.2, -0.15) is 4.31 Å². The van der Waals surface area contributed by atoms with Gasteiger partial charge in [0.25, 0.3) is 0 Å². The van der Waals surface area contributed by atoms with Crippen LogP contribution in [0.2, 0.25) is 0 Å². The second-order valence-corrected chi connectivity index (χ2v) is 8.68. The molecule has 0 radical (unpaired) electrons. The monoisotopic (exact) mass is 394 g/mol. The topological polar surface area (TPSA) is 103 Å². The quantitative estimate of drug-likeness (QED) is 0.625. The molecule has 2 unspecified atom stereocenters. The third-order valence-electron chi connectivity index (χ3n) is 5.19. The van der Waals surface area contributed by atoms with Crippen molar-refractivity contribution in [2.45, 2.75) is 57.7 Å². The molecular formula is C19H26N2O5S. The van der Waals surface area contributed by atoms with E-state index in [9.17, 15) is 18.7 Å². The highest BCUT2D eigenvalue weighted by Crippen LogP contribution is 2.34. The molecule has 7 nitrogen and oxygen atoms in total. The number of fused-ring (bicyclic) bond motifs is 3. The molecule has 0 aliphatic heterocycles. The van der Waals surface area contributed by atoms with Gasteiger partial charge in [0.15, 0.2) is 0 Å². The average Bonchev–Trinajstić information content (AvgIpc) is 2.90. The van der Waals surface area contributed by atoms with Crippen LogP contribution in [0.3, 0.4) is 0 Å². The molecule has 2 aromatic rings. The molecule has 3 rings (SSSR count). The third-order valence-corrected chi connectivity index (χ3v) is 6.02. The summed E-state index contributed by atoms with van der Waals surface area (Å²) in [6, 6.07) is 7.73. The summed E-state index contributed by atoms with van der Waals surface area (Å²) in [5.74, 6) is -1.11. The summed E-state index contributed by atoms with van der Waals surface area (Å²) >= 11 is -2.33. The van der Waals surface area contributed by atoms with E-state index in [0.29, 0.717) is 32.2 Å². The lowest BCUT2D eigenvalue weighted by Gasteiger charge is -2.31. The van der Waals surface area contributed by atoms with E-state index in [-0.39, 0.29) is 6.04 Å². The lowest BCUT2D eigenvalue weighted by molar-refractivity contribution is -0.137. The summed E-state index contributed by atoms with van der Waals surface area (Å²) in [6.45, 7) is 3.82. The molecule has 0 fully saturated rings. The fraction of sp³-hybridized carbons (Fsp3) is 0.526. The van der Waals surface area contributed by atoms with Gasteiger partial charge in [-0.15, -0.1) is 0 Å². The van der Waals surface area contributed by atoms with Gasteiger partial charge in [-0.3, -0.25) is 9.35 Å². The van der Waals surface area contributed by atoms with E-state index in [0.717, 1.165) is 20.8 Å². The van der Waals surface area contributed by atoms with E-state index in [1.807, 2.05) is 24.3 Å². The standard InChI is InChI=1S/C19H26N2O5S/c1-19(2,24)9-10-20-16-6-4-3-5-14(16)15-11-13(7-8-17(15)20)21(27(25)26)12-18(22)23/h3-6,13,24H,7-12H2,1-2H3,(H,22,23)(H,25,26). The largest absolute Gasteiger partial charge is 0.480 e. The number of carbonyl (C=O) groups is 1. The van der Waals surface area contributed by atoms with Crippen LogP contribution in [0, 0.1) is 0 Å². The summed E-state index contributed by atoms with van der Waals surface area (Å²) in [5.41, 5.74) is 2.61. The van der Waals surface area contributed by atoms with E-state index in [4.69, 9.17) is 5.11 Å². The maximum Gasteiger partial charge on any atom is 0.318 e. The highest BCUT2D eigenvalue weighted by Gasteiger charge is 2.32. The number of aryl methyl sites for hydroxylation is 1. The van der Waals surface area contributed by atoms with Crippen LogP contribution in [0.15, 0.2) is 24.3 Å². The molecule has 0 spiro atoms. The van der Waals surface area contributed by atoms with Crippen molar-refractivity contribution in [3.05, 3.63) is 35.5 Å². The minimum Gasteiger partial charge on any atom is -0.480 e. The molecule has 2 atom stereocenters. The number of hydrogen-bond acceptors (Lipinski definition) is 3. The fourth-order valence-electron chi connectivity index (χ4n) is 3.91. The summed E-state index contributed by atoms with van der Waals surface area (Å²) < 4.78 is 24.6. The molecule has 1 aromatic heterocycles. The van der Waals surface area contributed by atoms with Crippen LogP contribution in [-0.4, -0.2) is 52.0 Å². The Morgan fingerprint density at radius 2 is 2.07 bits per heavy atom. The van der Waals surface area contributed by atoms with Gasteiger partial charge in [-0.1, -0.05) is 18.2 Å². The molecule has 0 amide bonds. The highest BCUT2D eigenvalue weighted by atomic mass is 32.2. The van der Waals surface area contributed by atoms with Gasteiger partial charge in [0, 0.05) is 29.2 Å². The Kier molecular flexibility index (Phi) is 5.71. The van der Waals surface area contributed by atoms with Crippen molar-refractivity contribution in [2.75, 3.05) is 6.54 Å². The van der Waals surface area contributed by atoms with Crippen molar-refractivity contribution in [1.29, 1.82) is 0 Å². The second kappa shape index (κ2) is 7.71. The first-order valence-corrected chi connectivity index (χ1v) is 10.1. The second-order valence-electron chi connectivity index (χ2n) is 7.75. The number of carboxylic acid groups (broad SMARTS) is 1. The van der Waals surface area contributed by atoms with Gasteiger partial charge in [-0.25, -0.2) is 4.21 Å². The average molecular weight is 394 g/mol. The lowest BCUT2D eigenvalue weighted by atomic mass is 9.91. The summed E-state index contributed by atoms with van der Waals surface area (Å²) in [5, 5.41) is 20.3. The van der Waals surface area contributed by atoms with Crippen LogP contribution < -0.4 is 0 Å². The smallest absolute Gasteiger partial charge is 0.318 e. The molecule has 8 heteroatoms. The highest BCUT2D eigenvalue weighted by molar-refractivity contribution is 7.76. The summed E-state index contributed by atoms with van der Waals surface area (Å²) in [7, 11) is 0. The molecule has 1 aliphatic carbocycles. The van der Waals surface area contributed by atoms with Gasteiger partial charge in [0.2, 0.25) is 11.3 Å². The van der Waals surface area contributed by atoms with Crippen LogP contribution in [-0.2, 0) is 35.4 Å². The predicted octanol–water partition coefficient (Wildman–Crippen LogP) is 2.18. The zero-order valence-electron chi connectivity index (χ0n) is 15.6. The first-order valence-electron chi connectivity index (χ1n) is 9.08. The number of aliphatic hydroxyl groups is 1. The minimum absolute atomic E-state index is 0.298. The number of hydrogen-bond donors (Lipinski definition) is 3. The van der Waals surface area contributed by atoms with Crippen molar-refractivity contribution in [3.8, 4) is 0 Å². The van der Waals surface area contributed by atoms with Gasteiger partial charge >= 0.3 is 5.97 Å². The van der Waals surface area contributed by atoms with Crippen molar-refractivity contribution in [3.63, 3.8) is 0 Å². The third kappa shape index (κ3) is 4.40. The van der Waals surface area contributed by atoms with Crippen LogP contribution in [0.4, 0.5) is 0 Å². The molecule has 27 heavy (non-hydrogen) atoms. The van der Waals surface area contributed by atoms with Crippen molar-refractivity contribution < 1.29 is 23.8 Å². The molecule has 3 N–H and O–H groups in total. The Labute approximate surface area is 161 Å².